The Labute approximate surface area is 123 Å². The highest BCUT2D eigenvalue weighted by Gasteiger charge is 2.36. The molecule has 1 aromatic rings. The summed E-state index contributed by atoms with van der Waals surface area (Å²) in [7, 11) is 0. The molecule has 0 bridgehead atoms. The summed E-state index contributed by atoms with van der Waals surface area (Å²) < 4.78 is 0. The highest BCUT2D eigenvalue weighted by molar-refractivity contribution is 5.41. The first kappa shape index (κ1) is 13.9. The van der Waals surface area contributed by atoms with Gasteiger partial charge in [-0.05, 0) is 68.8 Å². The Hall–Kier alpha value is -1.02. The molecule has 1 atom stereocenters. The second-order valence-corrected chi connectivity index (χ2v) is 6.94. The largest absolute Gasteiger partial charge is 0.399 e. The van der Waals surface area contributed by atoms with Crippen molar-refractivity contribution in [1.82, 2.24) is 4.90 Å². The van der Waals surface area contributed by atoms with Crippen molar-refractivity contribution in [2.45, 2.75) is 57.9 Å². The molecule has 1 aliphatic heterocycles. The van der Waals surface area contributed by atoms with Crippen LogP contribution in [0.4, 0.5) is 5.69 Å². The molecular weight excluding hydrogens is 244 g/mol. The second kappa shape index (κ2) is 5.77. The van der Waals surface area contributed by atoms with Gasteiger partial charge in [-0.25, -0.2) is 0 Å². The van der Waals surface area contributed by atoms with Crippen LogP contribution in [-0.4, -0.2) is 18.0 Å². The number of nitrogens with zero attached hydrogens (tertiary/aromatic N) is 1. The second-order valence-electron chi connectivity index (χ2n) is 6.94. The predicted octanol–water partition coefficient (Wildman–Crippen LogP) is 4.38. The minimum atomic E-state index is 0.499. The highest BCUT2D eigenvalue weighted by Crippen LogP contribution is 2.45. The molecule has 2 aliphatic rings. The molecule has 0 radical (unpaired) electrons. The van der Waals surface area contributed by atoms with Gasteiger partial charge in [-0.2, -0.15) is 0 Å². The molecule has 110 valence electrons. The average molecular weight is 272 g/mol. The molecule has 2 heteroatoms. The van der Waals surface area contributed by atoms with E-state index in [1.165, 1.54) is 63.6 Å². The lowest BCUT2D eigenvalue weighted by molar-refractivity contribution is 0.0487. The summed E-state index contributed by atoms with van der Waals surface area (Å²) in [6.45, 7) is 4.85. The molecule has 2 nitrogen and oxygen atoms in total. The van der Waals surface area contributed by atoms with Crippen molar-refractivity contribution >= 4 is 5.69 Å². The molecule has 2 fully saturated rings. The monoisotopic (exact) mass is 272 g/mol. The van der Waals surface area contributed by atoms with Crippen LogP contribution in [0.15, 0.2) is 24.3 Å². The zero-order valence-corrected chi connectivity index (χ0v) is 12.8. The number of likely N-dealkylation sites (tertiary alicyclic amines) is 1. The number of hydrogen-bond acceptors (Lipinski definition) is 2. The normalized spacial score (nSPS) is 24.6. The summed E-state index contributed by atoms with van der Waals surface area (Å²) in [6.07, 6.45) is 10.2. The molecular formula is C18H28N2. The molecule has 0 aromatic heterocycles. The van der Waals surface area contributed by atoms with Crippen LogP contribution in [0.5, 0.6) is 0 Å². The van der Waals surface area contributed by atoms with E-state index in [1.807, 2.05) is 6.07 Å². The van der Waals surface area contributed by atoms with Crippen LogP contribution >= 0.6 is 0 Å². The maximum atomic E-state index is 5.92. The van der Waals surface area contributed by atoms with Gasteiger partial charge in [0.05, 0.1) is 0 Å². The Bertz CT molecular complexity index is 438. The maximum absolute atomic E-state index is 5.92. The molecule has 20 heavy (non-hydrogen) atoms. The molecule has 3 rings (SSSR count). The SMILES string of the molecule is CC(c1cccc(N)c1)N1CCC2(CCCCC2)CC1. The zero-order chi connectivity index (χ0) is 14.0. The molecule has 1 saturated heterocycles. The van der Waals surface area contributed by atoms with Gasteiger partial charge in [-0.1, -0.05) is 31.4 Å². The van der Waals surface area contributed by atoms with Crippen molar-refractivity contribution in [3.05, 3.63) is 29.8 Å². The summed E-state index contributed by atoms with van der Waals surface area (Å²) in [6, 6.07) is 8.90. The molecule has 1 unspecified atom stereocenters. The van der Waals surface area contributed by atoms with Crippen molar-refractivity contribution in [3.63, 3.8) is 0 Å². The third-order valence-electron chi connectivity index (χ3n) is 5.71. The van der Waals surface area contributed by atoms with Crippen LogP contribution in [0.2, 0.25) is 0 Å². The maximum Gasteiger partial charge on any atom is 0.0320 e. The van der Waals surface area contributed by atoms with Gasteiger partial charge < -0.3 is 5.73 Å². The Morgan fingerprint density at radius 3 is 2.40 bits per heavy atom. The number of piperidine rings is 1. The van der Waals surface area contributed by atoms with Crippen molar-refractivity contribution in [2.75, 3.05) is 18.8 Å². The minimum Gasteiger partial charge on any atom is -0.399 e. The van der Waals surface area contributed by atoms with E-state index in [1.54, 1.807) is 0 Å². The van der Waals surface area contributed by atoms with Crippen molar-refractivity contribution < 1.29 is 0 Å². The van der Waals surface area contributed by atoms with Crippen LogP contribution in [-0.2, 0) is 0 Å². The van der Waals surface area contributed by atoms with Gasteiger partial charge in [0.25, 0.3) is 0 Å². The van der Waals surface area contributed by atoms with Gasteiger partial charge >= 0.3 is 0 Å². The van der Waals surface area contributed by atoms with Crippen LogP contribution in [0, 0.1) is 5.41 Å². The fraction of sp³-hybridized carbons (Fsp3) is 0.667. The first-order valence-corrected chi connectivity index (χ1v) is 8.28. The van der Waals surface area contributed by atoms with E-state index in [-0.39, 0.29) is 0 Å². The summed E-state index contributed by atoms with van der Waals surface area (Å²) in [4.78, 5) is 2.65. The molecule has 0 amide bonds. The van der Waals surface area contributed by atoms with Crippen molar-refractivity contribution in [2.24, 2.45) is 5.41 Å². The Balaban J connectivity index is 1.62. The fourth-order valence-electron chi connectivity index (χ4n) is 4.22. The Kier molecular flexibility index (Phi) is 4.02. The predicted molar refractivity (Wildman–Crippen MR) is 85.6 cm³/mol. The van der Waals surface area contributed by atoms with E-state index in [9.17, 15) is 0 Å². The first-order chi connectivity index (χ1) is 9.69. The van der Waals surface area contributed by atoms with Gasteiger partial charge in [0.1, 0.15) is 0 Å². The van der Waals surface area contributed by atoms with Gasteiger partial charge in [0.15, 0.2) is 0 Å². The van der Waals surface area contributed by atoms with Crippen molar-refractivity contribution in [3.8, 4) is 0 Å². The van der Waals surface area contributed by atoms with Crippen LogP contribution in [0.3, 0.4) is 0 Å². The van der Waals surface area contributed by atoms with Crippen LogP contribution in [0.25, 0.3) is 0 Å². The van der Waals surface area contributed by atoms with E-state index in [4.69, 9.17) is 5.73 Å². The molecule has 1 heterocycles. The molecule has 1 spiro atoms. The number of anilines is 1. The van der Waals surface area contributed by atoms with Gasteiger partial charge in [-0.3, -0.25) is 4.90 Å². The van der Waals surface area contributed by atoms with E-state index in [2.05, 4.69) is 30.0 Å². The molecule has 2 N–H and O–H groups in total. The minimum absolute atomic E-state index is 0.499. The summed E-state index contributed by atoms with van der Waals surface area (Å²) in [5.74, 6) is 0. The van der Waals surface area contributed by atoms with Gasteiger partial charge in [0, 0.05) is 11.7 Å². The summed E-state index contributed by atoms with van der Waals surface area (Å²) >= 11 is 0. The Morgan fingerprint density at radius 1 is 1.05 bits per heavy atom. The van der Waals surface area contributed by atoms with Gasteiger partial charge in [0.2, 0.25) is 0 Å². The highest BCUT2D eigenvalue weighted by atomic mass is 15.2. The average Bonchev–Trinajstić information content (AvgIpc) is 2.48. The zero-order valence-electron chi connectivity index (χ0n) is 12.8. The summed E-state index contributed by atoms with van der Waals surface area (Å²) in [5, 5.41) is 0. The number of rotatable bonds is 2. The molecule has 1 aliphatic carbocycles. The quantitative estimate of drug-likeness (QED) is 0.810. The van der Waals surface area contributed by atoms with E-state index >= 15 is 0 Å². The standard InChI is InChI=1S/C18H28N2/c1-15(16-6-5-7-17(19)14-16)20-12-10-18(11-13-20)8-3-2-4-9-18/h5-7,14-15H,2-4,8-13,19H2,1H3. The number of benzene rings is 1. The lowest BCUT2D eigenvalue weighted by atomic mass is 9.68. The lowest BCUT2D eigenvalue weighted by Gasteiger charge is -2.46. The van der Waals surface area contributed by atoms with E-state index in [0.717, 1.165) is 5.69 Å². The molecule has 1 aromatic carbocycles. The fourth-order valence-corrected chi connectivity index (χ4v) is 4.22. The van der Waals surface area contributed by atoms with E-state index < -0.39 is 0 Å². The number of nitrogens with two attached hydrogens (primary N) is 1. The smallest absolute Gasteiger partial charge is 0.0320 e. The number of hydrogen-bond donors (Lipinski definition) is 1. The molecule has 1 saturated carbocycles. The topological polar surface area (TPSA) is 29.3 Å². The Morgan fingerprint density at radius 2 is 1.75 bits per heavy atom. The first-order valence-electron chi connectivity index (χ1n) is 8.28. The van der Waals surface area contributed by atoms with Crippen LogP contribution < -0.4 is 5.73 Å². The van der Waals surface area contributed by atoms with E-state index in [0.29, 0.717) is 11.5 Å². The van der Waals surface area contributed by atoms with Crippen molar-refractivity contribution in [1.29, 1.82) is 0 Å². The third-order valence-corrected chi connectivity index (χ3v) is 5.71. The summed E-state index contributed by atoms with van der Waals surface area (Å²) in [5.41, 5.74) is 8.87. The lowest BCUT2D eigenvalue weighted by Crippen LogP contribution is -2.42. The number of nitrogen functional groups attached to an aromatic ring is 1. The van der Waals surface area contributed by atoms with Crippen LogP contribution in [0.1, 0.15) is 63.5 Å². The van der Waals surface area contributed by atoms with Gasteiger partial charge in [-0.15, -0.1) is 0 Å². The third kappa shape index (κ3) is 2.85.